The monoisotopic (exact) mass is 240 g/mol. The molecule has 0 radical (unpaired) electrons. The van der Waals surface area contributed by atoms with Gasteiger partial charge in [0.2, 0.25) is 0 Å². The average Bonchev–Trinajstić information content (AvgIpc) is 2.72. The fourth-order valence-electron chi connectivity index (χ4n) is 2.45. The molecule has 1 aromatic carbocycles. The van der Waals surface area contributed by atoms with Gasteiger partial charge < -0.3 is 5.32 Å². The largest absolute Gasteiger partial charge is 0.318 e. The van der Waals surface area contributed by atoms with Crippen molar-refractivity contribution >= 4 is 0 Å². The molecule has 1 aliphatic heterocycles. The van der Waals surface area contributed by atoms with Crippen molar-refractivity contribution in [1.29, 1.82) is 0 Å². The summed E-state index contributed by atoms with van der Waals surface area (Å²) in [5.41, 5.74) is 0.452. The smallest absolute Gasteiger partial charge is 0.127 e. The van der Waals surface area contributed by atoms with Crippen LogP contribution in [0, 0.1) is 11.6 Å². The lowest BCUT2D eigenvalue weighted by Crippen LogP contribution is -2.36. The topological polar surface area (TPSA) is 15.3 Å². The molecule has 94 valence electrons. The van der Waals surface area contributed by atoms with Crippen molar-refractivity contribution < 1.29 is 8.78 Å². The molecule has 0 amide bonds. The Kier molecular flexibility index (Phi) is 4.07. The molecule has 0 aliphatic carbocycles. The molecule has 2 nitrogen and oxygen atoms in total. The molecule has 0 saturated carbocycles. The van der Waals surface area contributed by atoms with Crippen LogP contribution in [0.15, 0.2) is 18.2 Å². The zero-order valence-corrected chi connectivity index (χ0v) is 10.0. The number of rotatable bonds is 4. The third-order valence-corrected chi connectivity index (χ3v) is 3.32. The fraction of sp³-hybridized carbons (Fsp3) is 0.538. The van der Waals surface area contributed by atoms with E-state index in [4.69, 9.17) is 0 Å². The van der Waals surface area contributed by atoms with Crippen molar-refractivity contribution in [2.75, 3.05) is 20.1 Å². The normalized spacial score (nSPS) is 21.0. The zero-order chi connectivity index (χ0) is 12.3. The van der Waals surface area contributed by atoms with Gasteiger partial charge in [-0.1, -0.05) is 0 Å². The summed E-state index contributed by atoms with van der Waals surface area (Å²) < 4.78 is 26.6. The third-order valence-electron chi connectivity index (χ3n) is 3.32. The quantitative estimate of drug-likeness (QED) is 0.867. The van der Waals surface area contributed by atoms with Gasteiger partial charge in [-0.15, -0.1) is 0 Å². The van der Waals surface area contributed by atoms with E-state index in [1.54, 1.807) is 0 Å². The molecule has 1 N–H and O–H groups in total. The molecule has 17 heavy (non-hydrogen) atoms. The molecule has 0 bridgehead atoms. The minimum Gasteiger partial charge on any atom is -0.318 e. The minimum atomic E-state index is -0.370. The van der Waals surface area contributed by atoms with E-state index in [9.17, 15) is 8.78 Å². The molecule has 0 aromatic heterocycles. The summed E-state index contributed by atoms with van der Waals surface area (Å²) in [5, 5.41) is 3.14. The lowest BCUT2D eigenvalue weighted by atomic mass is 10.1. The van der Waals surface area contributed by atoms with E-state index in [-0.39, 0.29) is 11.6 Å². The molecule has 1 aliphatic rings. The molecule has 2 rings (SSSR count). The molecule has 1 atom stereocenters. The maximum absolute atomic E-state index is 13.5. The van der Waals surface area contributed by atoms with Crippen LogP contribution in [0.1, 0.15) is 18.4 Å². The highest BCUT2D eigenvalue weighted by molar-refractivity contribution is 5.18. The zero-order valence-electron chi connectivity index (χ0n) is 10.0. The molecular formula is C13H18F2N2. The predicted octanol–water partition coefficient (Wildman–Crippen LogP) is 2.15. The second-order valence-corrected chi connectivity index (χ2v) is 4.56. The SMILES string of the molecule is CNCC1CCCN1Cc1cc(F)ccc1F. The second kappa shape index (κ2) is 5.56. The van der Waals surface area contributed by atoms with E-state index in [0.717, 1.165) is 32.0 Å². The summed E-state index contributed by atoms with van der Waals surface area (Å²) in [7, 11) is 1.92. The Hall–Kier alpha value is -1.00. The van der Waals surface area contributed by atoms with Crippen LogP contribution in [0.4, 0.5) is 8.78 Å². The van der Waals surface area contributed by atoms with Gasteiger partial charge in [-0.05, 0) is 44.6 Å². The summed E-state index contributed by atoms with van der Waals surface area (Å²) in [5.74, 6) is -0.688. The Bertz CT molecular complexity index is 382. The van der Waals surface area contributed by atoms with Gasteiger partial charge in [0, 0.05) is 24.7 Å². The second-order valence-electron chi connectivity index (χ2n) is 4.56. The molecule has 1 fully saturated rings. The molecule has 1 aromatic rings. The van der Waals surface area contributed by atoms with Crippen molar-refractivity contribution in [3.05, 3.63) is 35.4 Å². The number of hydrogen-bond donors (Lipinski definition) is 1. The van der Waals surface area contributed by atoms with Gasteiger partial charge in [-0.2, -0.15) is 0 Å². The maximum atomic E-state index is 13.5. The van der Waals surface area contributed by atoms with Crippen molar-refractivity contribution in [3.63, 3.8) is 0 Å². The summed E-state index contributed by atoms with van der Waals surface area (Å²) in [6.07, 6.45) is 2.25. The van der Waals surface area contributed by atoms with Crippen LogP contribution < -0.4 is 5.32 Å². The highest BCUT2D eigenvalue weighted by atomic mass is 19.1. The van der Waals surface area contributed by atoms with Gasteiger partial charge in [0.25, 0.3) is 0 Å². The van der Waals surface area contributed by atoms with Gasteiger partial charge >= 0.3 is 0 Å². The van der Waals surface area contributed by atoms with Gasteiger partial charge in [0.05, 0.1) is 0 Å². The van der Waals surface area contributed by atoms with Crippen LogP contribution in [0.2, 0.25) is 0 Å². The Morgan fingerprint density at radius 1 is 1.41 bits per heavy atom. The first kappa shape index (κ1) is 12.5. The van der Waals surface area contributed by atoms with E-state index < -0.39 is 0 Å². The fourth-order valence-corrected chi connectivity index (χ4v) is 2.45. The number of likely N-dealkylation sites (N-methyl/N-ethyl adjacent to an activating group) is 1. The Labute approximate surface area is 101 Å². The summed E-state index contributed by atoms with van der Waals surface area (Å²) in [6.45, 7) is 2.36. The number of likely N-dealkylation sites (tertiary alicyclic amines) is 1. The predicted molar refractivity (Wildman–Crippen MR) is 63.7 cm³/mol. The van der Waals surface area contributed by atoms with Crippen molar-refractivity contribution in [1.82, 2.24) is 10.2 Å². The number of nitrogens with zero attached hydrogens (tertiary/aromatic N) is 1. The molecule has 1 unspecified atom stereocenters. The van der Waals surface area contributed by atoms with Crippen LogP contribution in [0.25, 0.3) is 0 Å². The van der Waals surface area contributed by atoms with Gasteiger partial charge in [-0.3, -0.25) is 4.90 Å². The first-order chi connectivity index (χ1) is 8.20. The van der Waals surface area contributed by atoms with Gasteiger partial charge in [-0.25, -0.2) is 8.78 Å². The van der Waals surface area contributed by atoms with E-state index in [1.807, 2.05) is 7.05 Å². The molecule has 0 spiro atoms. The first-order valence-corrected chi connectivity index (χ1v) is 6.03. The van der Waals surface area contributed by atoms with E-state index in [1.165, 1.54) is 12.1 Å². The number of nitrogens with one attached hydrogen (secondary N) is 1. The number of halogens is 2. The maximum Gasteiger partial charge on any atom is 0.127 e. The van der Waals surface area contributed by atoms with E-state index in [0.29, 0.717) is 18.2 Å². The van der Waals surface area contributed by atoms with Crippen LogP contribution in [0.3, 0.4) is 0 Å². The van der Waals surface area contributed by atoms with Gasteiger partial charge in [0.1, 0.15) is 11.6 Å². The number of hydrogen-bond acceptors (Lipinski definition) is 2. The molecule has 1 saturated heterocycles. The third kappa shape index (κ3) is 3.01. The summed E-state index contributed by atoms with van der Waals surface area (Å²) >= 11 is 0. The van der Waals surface area contributed by atoms with Crippen LogP contribution in [-0.2, 0) is 6.54 Å². The van der Waals surface area contributed by atoms with E-state index >= 15 is 0 Å². The first-order valence-electron chi connectivity index (χ1n) is 6.03. The highest BCUT2D eigenvalue weighted by Crippen LogP contribution is 2.21. The van der Waals surface area contributed by atoms with Crippen LogP contribution in [-0.4, -0.2) is 31.1 Å². The standard InChI is InChI=1S/C13H18F2N2/c1-16-8-12-3-2-6-17(12)9-10-7-11(14)4-5-13(10)15/h4-5,7,12,16H,2-3,6,8-9H2,1H3. The Morgan fingerprint density at radius 2 is 2.24 bits per heavy atom. The summed E-state index contributed by atoms with van der Waals surface area (Å²) in [4.78, 5) is 2.22. The van der Waals surface area contributed by atoms with Gasteiger partial charge in [0.15, 0.2) is 0 Å². The number of benzene rings is 1. The van der Waals surface area contributed by atoms with Crippen molar-refractivity contribution in [2.45, 2.75) is 25.4 Å². The van der Waals surface area contributed by atoms with Crippen LogP contribution in [0.5, 0.6) is 0 Å². The van der Waals surface area contributed by atoms with Crippen molar-refractivity contribution in [3.8, 4) is 0 Å². The average molecular weight is 240 g/mol. The van der Waals surface area contributed by atoms with Crippen LogP contribution >= 0.6 is 0 Å². The Balaban J connectivity index is 2.06. The minimum absolute atomic E-state index is 0.318. The summed E-state index contributed by atoms with van der Waals surface area (Å²) in [6, 6.07) is 4.09. The van der Waals surface area contributed by atoms with Crippen molar-refractivity contribution in [2.24, 2.45) is 0 Å². The Morgan fingerprint density at radius 3 is 3.00 bits per heavy atom. The molecular weight excluding hydrogens is 222 g/mol. The molecule has 1 heterocycles. The highest BCUT2D eigenvalue weighted by Gasteiger charge is 2.24. The molecule has 4 heteroatoms. The lowest BCUT2D eigenvalue weighted by Gasteiger charge is -2.24. The van der Waals surface area contributed by atoms with E-state index in [2.05, 4.69) is 10.2 Å². The lowest BCUT2D eigenvalue weighted by molar-refractivity contribution is 0.239.